The molecule has 1 aromatic heterocycles. The highest BCUT2D eigenvalue weighted by Crippen LogP contribution is 2.25. The van der Waals surface area contributed by atoms with E-state index in [1.807, 2.05) is 18.3 Å². The highest BCUT2D eigenvalue weighted by atomic mass is 16.1. The van der Waals surface area contributed by atoms with E-state index >= 15 is 0 Å². The van der Waals surface area contributed by atoms with Crippen LogP contribution in [0.3, 0.4) is 0 Å². The molecular formula is C17H27N3O. The fourth-order valence-electron chi connectivity index (χ4n) is 2.84. The van der Waals surface area contributed by atoms with Crippen molar-refractivity contribution in [2.24, 2.45) is 5.92 Å². The summed E-state index contributed by atoms with van der Waals surface area (Å²) in [5.41, 5.74) is 1.64. The van der Waals surface area contributed by atoms with Gasteiger partial charge in [-0.3, -0.25) is 4.79 Å². The number of nitrogens with one attached hydrogen (secondary N) is 1. The third-order valence-corrected chi connectivity index (χ3v) is 4.08. The number of piperidine rings is 1. The average Bonchev–Trinajstić information content (AvgIpc) is 2.52. The molecule has 0 aliphatic carbocycles. The van der Waals surface area contributed by atoms with Crippen molar-refractivity contribution in [1.82, 2.24) is 10.3 Å². The van der Waals surface area contributed by atoms with Crippen molar-refractivity contribution < 1.29 is 4.79 Å². The average molecular weight is 289 g/mol. The molecule has 4 nitrogen and oxygen atoms in total. The van der Waals surface area contributed by atoms with Gasteiger partial charge in [-0.1, -0.05) is 20.8 Å². The van der Waals surface area contributed by atoms with Crippen LogP contribution in [-0.4, -0.2) is 30.0 Å². The van der Waals surface area contributed by atoms with E-state index in [9.17, 15) is 4.79 Å². The third-order valence-electron chi connectivity index (χ3n) is 4.08. The number of pyridine rings is 1. The summed E-state index contributed by atoms with van der Waals surface area (Å²) in [6.45, 7) is 8.19. The Kier molecular flexibility index (Phi) is 5.59. The van der Waals surface area contributed by atoms with Gasteiger partial charge in [0.2, 0.25) is 0 Å². The molecule has 1 fully saturated rings. The fourth-order valence-corrected chi connectivity index (χ4v) is 2.84. The predicted molar refractivity (Wildman–Crippen MR) is 86.7 cm³/mol. The zero-order valence-corrected chi connectivity index (χ0v) is 13.4. The Hall–Kier alpha value is -1.58. The second-order valence-corrected chi connectivity index (χ2v) is 6.26. The summed E-state index contributed by atoms with van der Waals surface area (Å²) in [7, 11) is 0. The largest absolute Gasteiger partial charge is 0.367 e. The highest BCUT2D eigenvalue weighted by molar-refractivity contribution is 5.92. The van der Waals surface area contributed by atoms with E-state index < -0.39 is 0 Å². The van der Waals surface area contributed by atoms with Crippen molar-refractivity contribution >= 4 is 11.6 Å². The fraction of sp³-hybridized carbons (Fsp3) is 0.647. The molecule has 1 aliphatic heterocycles. The van der Waals surface area contributed by atoms with Crippen LogP contribution in [0.4, 0.5) is 5.69 Å². The Morgan fingerprint density at radius 3 is 2.86 bits per heavy atom. The molecule has 2 heterocycles. The summed E-state index contributed by atoms with van der Waals surface area (Å²) in [6.07, 6.45) is 6.83. The van der Waals surface area contributed by atoms with Gasteiger partial charge in [-0.05, 0) is 43.7 Å². The van der Waals surface area contributed by atoms with Crippen LogP contribution in [0.1, 0.15) is 56.9 Å². The first-order chi connectivity index (χ1) is 10.1. The molecular weight excluding hydrogens is 262 g/mol. The van der Waals surface area contributed by atoms with E-state index in [0.717, 1.165) is 18.7 Å². The lowest BCUT2D eigenvalue weighted by atomic mass is 9.99. The predicted octanol–water partition coefficient (Wildman–Crippen LogP) is 3.24. The van der Waals surface area contributed by atoms with E-state index in [4.69, 9.17) is 0 Å². The summed E-state index contributed by atoms with van der Waals surface area (Å²) in [5.74, 6) is 0.368. The Morgan fingerprint density at radius 2 is 2.24 bits per heavy atom. The summed E-state index contributed by atoms with van der Waals surface area (Å²) in [5, 5.41) is 2.90. The molecule has 2 rings (SSSR count). The number of aromatic nitrogens is 1. The number of carbonyl (C=O) groups is 1. The summed E-state index contributed by atoms with van der Waals surface area (Å²) in [4.78, 5) is 18.8. The summed E-state index contributed by atoms with van der Waals surface area (Å²) >= 11 is 0. The Labute approximate surface area is 127 Å². The molecule has 1 unspecified atom stereocenters. The van der Waals surface area contributed by atoms with Gasteiger partial charge in [-0.15, -0.1) is 0 Å². The van der Waals surface area contributed by atoms with Crippen LogP contribution in [0.15, 0.2) is 18.3 Å². The summed E-state index contributed by atoms with van der Waals surface area (Å²) < 4.78 is 0. The Morgan fingerprint density at radius 1 is 1.43 bits per heavy atom. The molecule has 4 heteroatoms. The maximum absolute atomic E-state index is 12.0. The molecule has 1 N–H and O–H groups in total. The third kappa shape index (κ3) is 4.19. The topological polar surface area (TPSA) is 45.2 Å². The number of rotatable bonds is 5. The van der Waals surface area contributed by atoms with Crippen LogP contribution in [0.5, 0.6) is 0 Å². The maximum atomic E-state index is 12.0. The quantitative estimate of drug-likeness (QED) is 0.905. The minimum absolute atomic E-state index is 0.0825. The van der Waals surface area contributed by atoms with Gasteiger partial charge in [0.1, 0.15) is 5.69 Å². The number of nitrogens with zero attached hydrogens (tertiary/aromatic N) is 2. The molecule has 1 atom stereocenters. The van der Waals surface area contributed by atoms with Crippen LogP contribution >= 0.6 is 0 Å². The van der Waals surface area contributed by atoms with E-state index in [0.29, 0.717) is 24.2 Å². The second kappa shape index (κ2) is 7.43. The van der Waals surface area contributed by atoms with Gasteiger partial charge in [-0.2, -0.15) is 0 Å². The lowest BCUT2D eigenvalue weighted by Crippen LogP contribution is -2.39. The van der Waals surface area contributed by atoms with Gasteiger partial charge >= 0.3 is 0 Å². The van der Waals surface area contributed by atoms with Crippen LogP contribution < -0.4 is 10.2 Å². The lowest BCUT2D eigenvalue weighted by molar-refractivity contribution is 0.0944. The van der Waals surface area contributed by atoms with Gasteiger partial charge in [0.05, 0.1) is 11.9 Å². The molecule has 0 radical (unpaired) electrons. The molecule has 1 aliphatic rings. The minimum Gasteiger partial charge on any atom is -0.367 e. The van der Waals surface area contributed by atoms with E-state index in [1.54, 1.807) is 0 Å². The van der Waals surface area contributed by atoms with Crippen LogP contribution in [0.25, 0.3) is 0 Å². The Bertz CT molecular complexity index is 456. The second-order valence-electron chi connectivity index (χ2n) is 6.26. The van der Waals surface area contributed by atoms with Crippen molar-refractivity contribution in [2.45, 2.75) is 52.5 Å². The van der Waals surface area contributed by atoms with Crippen molar-refractivity contribution in [3.8, 4) is 0 Å². The highest BCUT2D eigenvalue weighted by Gasteiger charge is 2.21. The first-order valence-electron chi connectivity index (χ1n) is 8.12. The van der Waals surface area contributed by atoms with Crippen molar-refractivity contribution in [1.29, 1.82) is 0 Å². The van der Waals surface area contributed by atoms with Crippen LogP contribution in [0, 0.1) is 5.92 Å². The monoisotopic (exact) mass is 289 g/mol. The molecule has 21 heavy (non-hydrogen) atoms. The number of hydrogen-bond acceptors (Lipinski definition) is 3. The SMILES string of the molecule is CCC1CCCCN1c1ccc(C(=O)NCC(C)C)nc1. The van der Waals surface area contributed by atoms with Crippen LogP contribution in [0.2, 0.25) is 0 Å². The Balaban J connectivity index is 2.02. The van der Waals surface area contributed by atoms with Crippen LogP contribution in [-0.2, 0) is 0 Å². The molecule has 1 saturated heterocycles. The van der Waals surface area contributed by atoms with Crippen molar-refractivity contribution in [3.63, 3.8) is 0 Å². The standard InChI is InChI=1S/C17H27N3O/c1-4-14-7-5-6-10-20(14)15-8-9-16(18-12-15)17(21)19-11-13(2)3/h8-9,12-14H,4-7,10-11H2,1-3H3,(H,19,21). The van der Waals surface area contributed by atoms with E-state index in [2.05, 4.69) is 36.0 Å². The minimum atomic E-state index is -0.0825. The van der Waals surface area contributed by atoms with Gasteiger partial charge in [0.15, 0.2) is 0 Å². The van der Waals surface area contributed by atoms with E-state index in [1.165, 1.54) is 19.3 Å². The first kappa shape index (κ1) is 15.8. The maximum Gasteiger partial charge on any atom is 0.269 e. The van der Waals surface area contributed by atoms with Crippen molar-refractivity contribution in [2.75, 3.05) is 18.0 Å². The number of anilines is 1. The molecule has 1 amide bonds. The molecule has 1 aromatic rings. The van der Waals surface area contributed by atoms with Gasteiger partial charge < -0.3 is 10.2 Å². The van der Waals surface area contributed by atoms with E-state index in [-0.39, 0.29) is 5.91 Å². The number of amides is 1. The first-order valence-corrected chi connectivity index (χ1v) is 8.12. The lowest BCUT2D eigenvalue weighted by Gasteiger charge is -2.37. The molecule has 116 valence electrons. The molecule has 0 aromatic carbocycles. The normalized spacial score (nSPS) is 18.9. The zero-order valence-electron chi connectivity index (χ0n) is 13.4. The molecule has 0 bridgehead atoms. The van der Waals surface area contributed by atoms with Gasteiger partial charge in [0, 0.05) is 19.1 Å². The molecule has 0 saturated carbocycles. The van der Waals surface area contributed by atoms with Crippen molar-refractivity contribution in [3.05, 3.63) is 24.0 Å². The number of carbonyl (C=O) groups excluding carboxylic acids is 1. The molecule has 0 spiro atoms. The number of hydrogen-bond donors (Lipinski definition) is 1. The summed E-state index contributed by atoms with van der Waals surface area (Å²) in [6, 6.07) is 4.48. The smallest absolute Gasteiger partial charge is 0.269 e. The van der Waals surface area contributed by atoms with Gasteiger partial charge in [0.25, 0.3) is 5.91 Å². The zero-order chi connectivity index (χ0) is 15.2. The van der Waals surface area contributed by atoms with Gasteiger partial charge in [-0.25, -0.2) is 4.98 Å².